The third-order valence-electron chi connectivity index (χ3n) is 2.01. The Morgan fingerprint density at radius 2 is 2.19 bits per heavy atom. The first-order valence-corrected chi connectivity index (χ1v) is 6.62. The summed E-state index contributed by atoms with van der Waals surface area (Å²) in [5, 5.41) is 5.52. The molecule has 0 saturated carbocycles. The van der Waals surface area contributed by atoms with Gasteiger partial charge >= 0.3 is 0 Å². The molecule has 1 aromatic carbocycles. The van der Waals surface area contributed by atoms with E-state index in [0.717, 1.165) is 4.47 Å². The largest absolute Gasteiger partial charge is 0.380 e. The minimum Gasteiger partial charge on any atom is -0.380 e. The highest BCUT2D eigenvalue weighted by Crippen LogP contribution is 2.24. The Kier molecular flexibility index (Phi) is 3.84. The van der Waals surface area contributed by atoms with E-state index in [1.54, 1.807) is 17.4 Å². The molecule has 2 rings (SSSR count). The number of benzene rings is 1. The van der Waals surface area contributed by atoms with Crippen molar-refractivity contribution < 1.29 is 4.39 Å². The minimum atomic E-state index is -0.333. The molecule has 5 heteroatoms. The van der Waals surface area contributed by atoms with E-state index in [0.29, 0.717) is 17.3 Å². The van der Waals surface area contributed by atoms with Crippen LogP contribution in [0.15, 0.2) is 34.1 Å². The van der Waals surface area contributed by atoms with Gasteiger partial charge in [-0.2, -0.15) is 0 Å². The molecular formula is C11H8BrClFNS. The highest BCUT2D eigenvalue weighted by Gasteiger charge is 2.02. The molecular weight excluding hydrogens is 313 g/mol. The van der Waals surface area contributed by atoms with Crippen molar-refractivity contribution in [3.8, 4) is 0 Å². The topological polar surface area (TPSA) is 12.0 Å². The van der Waals surface area contributed by atoms with Crippen LogP contribution in [0.4, 0.5) is 10.1 Å². The van der Waals surface area contributed by atoms with Crippen LogP contribution >= 0.6 is 38.9 Å². The molecule has 0 unspecified atom stereocenters. The van der Waals surface area contributed by atoms with Crippen LogP contribution in [-0.2, 0) is 6.54 Å². The molecule has 0 spiro atoms. The summed E-state index contributed by atoms with van der Waals surface area (Å²) in [5.74, 6) is -0.333. The highest BCUT2D eigenvalue weighted by molar-refractivity contribution is 9.10. The van der Waals surface area contributed by atoms with Crippen LogP contribution in [-0.4, -0.2) is 0 Å². The first kappa shape index (κ1) is 11.9. The SMILES string of the molecule is Fc1cc(Cl)cc(NCc2sccc2Br)c1. The first-order chi connectivity index (χ1) is 7.65. The second-order valence-electron chi connectivity index (χ2n) is 3.20. The summed E-state index contributed by atoms with van der Waals surface area (Å²) < 4.78 is 14.1. The average Bonchev–Trinajstić information content (AvgIpc) is 2.59. The van der Waals surface area contributed by atoms with Crippen molar-refractivity contribution in [2.24, 2.45) is 0 Å². The van der Waals surface area contributed by atoms with Crippen LogP contribution in [0.25, 0.3) is 0 Å². The molecule has 1 N–H and O–H groups in total. The van der Waals surface area contributed by atoms with Crippen molar-refractivity contribution in [1.82, 2.24) is 0 Å². The number of nitrogens with one attached hydrogen (secondary N) is 1. The zero-order valence-electron chi connectivity index (χ0n) is 8.14. The molecule has 0 bridgehead atoms. The Morgan fingerprint density at radius 1 is 1.38 bits per heavy atom. The van der Waals surface area contributed by atoms with Gasteiger partial charge in [0, 0.05) is 20.1 Å². The molecule has 0 aliphatic heterocycles. The van der Waals surface area contributed by atoms with E-state index in [4.69, 9.17) is 11.6 Å². The van der Waals surface area contributed by atoms with Crippen LogP contribution in [0, 0.1) is 5.82 Å². The van der Waals surface area contributed by atoms with Gasteiger partial charge < -0.3 is 5.32 Å². The van der Waals surface area contributed by atoms with Crippen LogP contribution in [0.2, 0.25) is 5.02 Å². The molecule has 16 heavy (non-hydrogen) atoms. The summed E-state index contributed by atoms with van der Waals surface area (Å²) in [5.41, 5.74) is 0.685. The van der Waals surface area contributed by atoms with Gasteiger partial charge in [-0.1, -0.05) is 11.6 Å². The number of anilines is 1. The smallest absolute Gasteiger partial charge is 0.126 e. The quantitative estimate of drug-likeness (QED) is 0.847. The van der Waals surface area contributed by atoms with Gasteiger partial charge in [-0.25, -0.2) is 4.39 Å². The maximum absolute atomic E-state index is 13.0. The van der Waals surface area contributed by atoms with Crippen LogP contribution in [0.1, 0.15) is 4.88 Å². The highest BCUT2D eigenvalue weighted by atomic mass is 79.9. The second kappa shape index (κ2) is 5.17. The number of halogens is 3. The molecule has 0 aliphatic rings. The van der Waals surface area contributed by atoms with Crippen molar-refractivity contribution in [3.05, 3.63) is 49.8 Å². The number of thiophene rings is 1. The Morgan fingerprint density at radius 3 is 2.81 bits per heavy atom. The van der Waals surface area contributed by atoms with E-state index in [-0.39, 0.29) is 5.82 Å². The normalized spacial score (nSPS) is 10.4. The maximum atomic E-state index is 13.0. The van der Waals surface area contributed by atoms with Gasteiger partial charge in [0.15, 0.2) is 0 Å². The van der Waals surface area contributed by atoms with Gasteiger partial charge in [-0.15, -0.1) is 11.3 Å². The van der Waals surface area contributed by atoms with Crippen LogP contribution < -0.4 is 5.32 Å². The lowest BCUT2D eigenvalue weighted by atomic mass is 10.3. The van der Waals surface area contributed by atoms with E-state index < -0.39 is 0 Å². The van der Waals surface area contributed by atoms with Crippen LogP contribution in [0.5, 0.6) is 0 Å². The lowest BCUT2D eigenvalue weighted by Gasteiger charge is -2.06. The number of hydrogen-bond acceptors (Lipinski definition) is 2. The molecule has 1 aromatic heterocycles. The van der Waals surface area contributed by atoms with Gasteiger partial charge in [0.2, 0.25) is 0 Å². The summed E-state index contributed by atoms with van der Waals surface area (Å²) in [6, 6.07) is 6.40. The zero-order chi connectivity index (χ0) is 11.5. The predicted molar refractivity (Wildman–Crippen MR) is 70.8 cm³/mol. The molecule has 0 aliphatic carbocycles. The van der Waals surface area contributed by atoms with E-state index >= 15 is 0 Å². The summed E-state index contributed by atoms with van der Waals surface area (Å²) in [6.45, 7) is 0.651. The van der Waals surface area contributed by atoms with Gasteiger partial charge in [-0.05, 0) is 45.6 Å². The van der Waals surface area contributed by atoms with Crippen molar-refractivity contribution >= 4 is 44.6 Å². The molecule has 2 aromatic rings. The summed E-state index contributed by atoms with van der Waals surface area (Å²) >= 11 is 10.8. The molecule has 0 fully saturated rings. The predicted octanol–water partition coefficient (Wildman–Crippen LogP) is 4.92. The summed E-state index contributed by atoms with van der Waals surface area (Å²) in [7, 11) is 0. The van der Waals surface area contributed by atoms with Gasteiger partial charge in [-0.3, -0.25) is 0 Å². The standard InChI is InChI=1S/C11H8BrClFNS/c12-10-1-2-16-11(10)6-15-9-4-7(13)3-8(14)5-9/h1-5,15H,6H2. The third kappa shape index (κ3) is 2.97. The van der Waals surface area contributed by atoms with E-state index in [1.165, 1.54) is 17.0 Å². The van der Waals surface area contributed by atoms with Crippen LogP contribution in [0.3, 0.4) is 0 Å². The molecule has 0 amide bonds. The monoisotopic (exact) mass is 319 g/mol. The third-order valence-corrected chi connectivity index (χ3v) is 4.15. The van der Waals surface area contributed by atoms with Crippen molar-refractivity contribution in [2.75, 3.05) is 5.32 Å². The summed E-state index contributed by atoms with van der Waals surface area (Å²) in [4.78, 5) is 1.17. The van der Waals surface area contributed by atoms with Gasteiger partial charge in [0.25, 0.3) is 0 Å². The maximum Gasteiger partial charge on any atom is 0.126 e. The zero-order valence-corrected chi connectivity index (χ0v) is 11.3. The summed E-state index contributed by atoms with van der Waals surface area (Å²) in [6.07, 6.45) is 0. The fraction of sp³-hybridized carbons (Fsp3) is 0.0909. The van der Waals surface area contributed by atoms with Crippen molar-refractivity contribution in [1.29, 1.82) is 0 Å². The Labute approximate surface area is 110 Å². The van der Waals surface area contributed by atoms with Crippen molar-refractivity contribution in [3.63, 3.8) is 0 Å². The molecule has 0 saturated heterocycles. The number of hydrogen-bond donors (Lipinski definition) is 1. The van der Waals surface area contributed by atoms with E-state index in [9.17, 15) is 4.39 Å². The molecule has 84 valence electrons. The molecule has 0 radical (unpaired) electrons. The molecule has 1 heterocycles. The van der Waals surface area contributed by atoms with Gasteiger partial charge in [0.1, 0.15) is 5.82 Å². The Bertz CT molecular complexity index is 480. The Balaban J connectivity index is 2.07. The fourth-order valence-electron chi connectivity index (χ4n) is 1.29. The first-order valence-electron chi connectivity index (χ1n) is 4.57. The lowest BCUT2D eigenvalue weighted by molar-refractivity contribution is 0.628. The van der Waals surface area contributed by atoms with E-state index in [2.05, 4.69) is 21.2 Å². The molecule has 0 atom stereocenters. The van der Waals surface area contributed by atoms with Crippen molar-refractivity contribution in [2.45, 2.75) is 6.54 Å². The average molecular weight is 321 g/mol. The Hall–Kier alpha value is -0.580. The fourth-order valence-corrected chi connectivity index (χ4v) is 2.94. The molecule has 1 nitrogen and oxygen atoms in total. The minimum absolute atomic E-state index is 0.333. The lowest BCUT2D eigenvalue weighted by Crippen LogP contribution is -1.98. The second-order valence-corrected chi connectivity index (χ2v) is 5.49. The number of rotatable bonds is 3. The van der Waals surface area contributed by atoms with E-state index in [1.807, 2.05) is 11.4 Å². The van der Waals surface area contributed by atoms with Gasteiger partial charge in [0.05, 0.1) is 6.54 Å².